The van der Waals surface area contributed by atoms with Gasteiger partial charge in [0, 0.05) is 23.6 Å². The van der Waals surface area contributed by atoms with E-state index in [0.29, 0.717) is 11.8 Å². The maximum Gasteiger partial charge on any atom is 0.323 e. The Balaban J connectivity index is 1.48. The first-order valence-electron chi connectivity index (χ1n) is 9.89. The molecule has 4 nitrogen and oxygen atoms in total. The van der Waals surface area contributed by atoms with E-state index in [0.717, 1.165) is 30.0 Å². The van der Waals surface area contributed by atoms with Gasteiger partial charge in [0.2, 0.25) is 0 Å². The quantitative estimate of drug-likeness (QED) is 0.578. The van der Waals surface area contributed by atoms with E-state index >= 15 is 0 Å². The Kier molecular flexibility index (Phi) is 6.53. The summed E-state index contributed by atoms with van der Waals surface area (Å²) in [6, 6.07) is 16.2. The number of hydrogen-bond acceptors (Lipinski definition) is 2. The summed E-state index contributed by atoms with van der Waals surface area (Å²) >= 11 is 0. The molecule has 1 aliphatic carbocycles. The number of allylic oxidation sites excluding steroid dienone is 3. The van der Waals surface area contributed by atoms with Crippen LogP contribution in [-0.4, -0.2) is 6.03 Å². The van der Waals surface area contributed by atoms with Crippen molar-refractivity contribution >= 4 is 17.4 Å². The third-order valence-corrected chi connectivity index (χ3v) is 4.86. The van der Waals surface area contributed by atoms with E-state index in [1.807, 2.05) is 36.4 Å². The zero-order chi connectivity index (χ0) is 19.9. The van der Waals surface area contributed by atoms with Crippen molar-refractivity contribution in [2.24, 2.45) is 5.92 Å². The van der Waals surface area contributed by atoms with Crippen molar-refractivity contribution in [3.63, 3.8) is 0 Å². The molecule has 28 heavy (non-hydrogen) atoms. The van der Waals surface area contributed by atoms with Crippen molar-refractivity contribution in [2.75, 3.05) is 10.6 Å². The molecule has 0 saturated carbocycles. The fraction of sp³-hybridized carbons (Fsp3) is 0.292. The van der Waals surface area contributed by atoms with E-state index in [4.69, 9.17) is 0 Å². The normalized spacial score (nSPS) is 15.9. The van der Waals surface area contributed by atoms with E-state index in [2.05, 4.69) is 67.1 Å². The zero-order valence-corrected chi connectivity index (χ0v) is 16.8. The second-order valence-corrected chi connectivity index (χ2v) is 7.64. The Labute approximate surface area is 167 Å². The second-order valence-electron chi connectivity index (χ2n) is 7.64. The van der Waals surface area contributed by atoms with Crippen LogP contribution in [0.3, 0.4) is 0 Å². The first-order valence-corrected chi connectivity index (χ1v) is 9.89. The van der Waals surface area contributed by atoms with Gasteiger partial charge in [-0.2, -0.15) is 0 Å². The first-order chi connectivity index (χ1) is 13.5. The average Bonchev–Trinajstić information content (AvgIpc) is 2.69. The van der Waals surface area contributed by atoms with Gasteiger partial charge in [-0.25, -0.2) is 4.79 Å². The Morgan fingerprint density at radius 3 is 2.29 bits per heavy atom. The smallest absolute Gasteiger partial charge is 0.323 e. The molecule has 0 heterocycles. The van der Waals surface area contributed by atoms with Crippen LogP contribution in [0.15, 0.2) is 72.5 Å². The van der Waals surface area contributed by atoms with Crippen LogP contribution in [0.2, 0.25) is 0 Å². The van der Waals surface area contributed by atoms with E-state index < -0.39 is 0 Å². The van der Waals surface area contributed by atoms with Gasteiger partial charge in [-0.15, -0.1) is 0 Å². The number of carbonyl (C=O) groups is 1. The molecule has 0 bridgehead atoms. The third kappa shape index (κ3) is 5.74. The van der Waals surface area contributed by atoms with Crippen LogP contribution in [0.1, 0.15) is 44.2 Å². The molecule has 2 aromatic carbocycles. The zero-order valence-electron chi connectivity index (χ0n) is 16.8. The molecule has 3 N–H and O–H groups in total. The SMILES string of the molecule is CC(C)c1ccc(CNc2ccc(NC(=O)NC3=CC[C@H](C)C=C3)cc2)cc1. The summed E-state index contributed by atoms with van der Waals surface area (Å²) in [6.07, 6.45) is 7.05. The van der Waals surface area contributed by atoms with E-state index in [9.17, 15) is 4.79 Å². The largest absolute Gasteiger partial charge is 0.381 e. The summed E-state index contributed by atoms with van der Waals surface area (Å²) < 4.78 is 0. The highest BCUT2D eigenvalue weighted by atomic mass is 16.2. The molecule has 0 aliphatic heterocycles. The molecule has 0 aromatic heterocycles. The lowest BCUT2D eigenvalue weighted by atomic mass is 10.0. The van der Waals surface area contributed by atoms with Crippen LogP contribution in [0.4, 0.5) is 16.2 Å². The van der Waals surface area contributed by atoms with E-state index in [1.54, 1.807) is 0 Å². The van der Waals surface area contributed by atoms with Crippen LogP contribution in [-0.2, 0) is 6.54 Å². The van der Waals surface area contributed by atoms with Crippen molar-refractivity contribution in [3.8, 4) is 0 Å². The maximum atomic E-state index is 12.1. The van der Waals surface area contributed by atoms with Crippen LogP contribution in [0, 0.1) is 5.92 Å². The minimum Gasteiger partial charge on any atom is -0.381 e. The average molecular weight is 376 g/mol. The molecule has 4 heteroatoms. The summed E-state index contributed by atoms with van der Waals surface area (Å²) in [7, 11) is 0. The molecule has 1 aliphatic rings. The summed E-state index contributed by atoms with van der Waals surface area (Å²) in [4.78, 5) is 12.1. The fourth-order valence-electron chi connectivity index (χ4n) is 3.01. The molecule has 0 spiro atoms. The Morgan fingerprint density at radius 2 is 1.68 bits per heavy atom. The van der Waals surface area contributed by atoms with Gasteiger partial charge < -0.3 is 16.0 Å². The molecular formula is C24H29N3O. The van der Waals surface area contributed by atoms with Crippen LogP contribution < -0.4 is 16.0 Å². The Bertz CT molecular complexity index is 848. The number of nitrogens with one attached hydrogen (secondary N) is 3. The fourth-order valence-corrected chi connectivity index (χ4v) is 3.01. The third-order valence-electron chi connectivity index (χ3n) is 4.86. The number of urea groups is 1. The van der Waals surface area contributed by atoms with Gasteiger partial charge in [-0.05, 0) is 59.7 Å². The van der Waals surface area contributed by atoms with Crippen molar-refractivity contribution in [1.82, 2.24) is 5.32 Å². The maximum absolute atomic E-state index is 12.1. The van der Waals surface area contributed by atoms with Gasteiger partial charge in [0.25, 0.3) is 0 Å². The molecule has 0 unspecified atom stereocenters. The molecule has 3 rings (SSSR count). The van der Waals surface area contributed by atoms with Crippen LogP contribution in [0.5, 0.6) is 0 Å². The number of amides is 2. The molecule has 0 saturated heterocycles. The van der Waals surface area contributed by atoms with Crippen molar-refractivity contribution in [2.45, 2.75) is 39.7 Å². The van der Waals surface area contributed by atoms with E-state index in [-0.39, 0.29) is 6.03 Å². The monoisotopic (exact) mass is 375 g/mol. The highest BCUT2D eigenvalue weighted by Gasteiger charge is 2.07. The number of benzene rings is 2. The van der Waals surface area contributed by atoms with E-state index in [1.165, 1.54) is 11.1 Å². The summed E-state index contributed by atoms with van der Waals surface area (Å²) in [5.74, 6) is 1.08. The van der Waals surface area contributed by atoms with Gasteiger partial charge in [0.1, 0.15) is 0 Å². The van der Waals surface area contributed by atoms with Crippen LogP contribution in [0.25, 0.3) is 0 Å². The second kappa shape index (κ2) is 9.27. The lowest BCUT2D eigenvalue weighted by molar-refractivity contribution is 0.254. The highest BCUT2D eigenvalue weighted by Crippen LogP contribution is 2.18. The number of carbonyl (C=O) groups excluding carboxylic acids is 1. The standard InChI is InChI=1S/C24H29N3O/c1-17(2)20-8-6-19(7-9-20)16-25-21-12-14-23(15-13-21)27-24(28)26-22-10-4-18(3)5-11-22/h4,6-15,17-18,25H,5,16H2,1-3H3,(H2,26,27,28)/t18-/m1/s1. The predicted molar refractivity (Wildman–Crippen MR) is 117 cm³/mol. The molecular weight excluding hydrogens is 346 g/mol. The highest BCUT2D eigenvalue weighted by molar-refractivity contribution is 5.90. The van der Waals surface area contributed by atoms with Gasteiger partial charge >= 0.3 is 6.03 Å². The minimum absolute atomic E-state index is 0.226. The van der Waals surface area contributed by atoms with Gasteiger partial charge in [0.05, 0.1) is 0 Å². The Morgan fingerprint density at radius 1 is 1.00 bits per heavy atom. The molecule has 0 radical (unpaired) electrons. The van der Waals surface area contributed by atoms with Crippen molar-refractivity contribution in [3.05, 3.63) is 83.6 Å². The topological polar surface area (TPSA) is 53.2 Å². The lowest BCUT2D eigenvalue weighted by Crippen LogP contribution is -2.28. The molecule has 0 fully saturated rings. The first kappa shape index (κ1) is 19.7. The minimum atomic E-state index is -0.226. The summed E-state index contributed by atoms with van der Waals surface area (Å²) in [6.45, 7) is 7.32. The summed E-state index contributed by atoms with van der Waals surface area (Å²) in [5.41, 5.74) is 5.22. The number of rotatable bonds is 6. The van der Waals surface area contributed by atoms with Crippen molar-refractivity contribution in [1.29, 1.82) is 0 Å². The van der Waals surface area contributed by atoms with Gasteiger partial charge in [0.15, 0.2) is 0 Å². The van der Waals surface area contributed by atoms with Gasteiger partial charge in [-0.1, -0.05) is 57.2 Å². The van der Waals surface area contributed by atoms with Crippen LogP contribution >= 0.6 is 0 Å². The molecule has 2 amide bonds. The van der Waals surface area contributed by atoms with Gasteiger partial charge in [-0.3, -0.25) is 0 Å². The molecule has 2 aromatic rings. The molecule has 146 valence electrons. The number of anilines is 2. The summed E-state index contributed by atoms with van der Waals surface area (Å²) in [5, 5.41) is 9.15. The number of hydrogen-bond donors (Lipinski definition) is 3. The van der Waals surface area contributed by atoms with Crippen molar-refractivity contribution < 1.29 is 4.79 Å². The predicted octanol–water partition coefficient (Wildman–Crippen LogP) is 6.02. The molecule has 1 atom stereocenters. The Hall–Kier alpha value is -3.01. The lowest BCUT2D eigenvalue weighted by Gasteiger charge is -2.14.